The Kier molecular flexibility index (Phi) is 5.49. The van der Waals surface area contributed by atoms with Crippen LogP contribution < -0.4 is 11.2 Å². The number of benzene rings is 2. The van der Waals surface area contributed by atoms with E-state index >= 15 is 0 Å². The summed E-state index contributed by atoms with van der Waals surface area (Å²) < 4.78 is 1.40. The maximum atomic E-state index is 12.2. The van der Waals surface area contributed by atoms with Crippen molar-refractivity contribution in [2.24, 2.45) is 0 Å². The largest absolute Gasteiger partial charge is 0.335 e. The maximum Gasteiger partial charge on any atom is 0.234 e. The Hall–Kier alpha value is -2.51. The van der Waals surface area contributed by atoms with E-state index in [0.29, 0.717) is 16.0 Å². The number of nitrogens with two attached hydrogens (primary N) is 1. The molecule has 0 fully saturated rings. The number of hydrogen-bond donors (Lipinski definition) is 2. The van der Waals surface area contributed by atoms with E-state index in [4.69, 9.17) is 17.4 Å². The van der Waals surface area contributed by atoms with Gasteiger partial charge in [-0.3, -0.25) is 4.79 Å². The highest BCUT2D eigenvalue weighted by molar-refractivity contribution is 7.99. The van der Waals surface area contributed by atoms with E-state index in [1.807, 2.05) is 38.1 Å². The Labute approximate surface area is 160 Å². The number of aromatic nitrogens is 3. The van der Waals surface area contributed by atoms with Crippen molar-refractivity contribution >= 4 is 35.0 Å². The van der Waals surface area contributed by atoms with E-state index in [1.165, 1.54) is 16.4 Å². The van der Waals surface area contributed by atoms with Crippen molar-refractivity contribution in [2.45, 2.75) is 19.0 Å². The number of thioether (sulfide) groups is 1. The average molecular weight is 388 g/mol. The minimum Gasteiger partial charge on any atom is -0.335 e. The molecule has 0 spiro atoms. The molecule has 2 aromatic carbocycles. The van der Waals surface area contributed by atoms with Crippen LogP contribution >= 0.6 is 23.4 Å². The third-order valence-corrected chi connectivity index (χ3v) is 4.95. The van der Waals surface area contributed by atoms with Crippen molar-refractivity contribution in [3.8, 4) is 11.4 Å². The molecule has 3 N–H and O–H groups in total. The fourth-order valence-electron chi connectivity index (χ4n) is 2.36. The molecule has 6 nitrogen and oxygen atoms in total. The van der Waals surface area contributed by atoms with Crippen LogP contribution in [0.4, 0.5) is 5.69 Å². The lowest BCUT2D eigenvalue weighted by molar-refractivity contribution is -0.113. The number of carbonyl (C=O) groups is 1. The number of hydrogen-bond acceptors (Lipinski definition) is 5. The zero-order valence-electron chi connectivity index (χ0n) is 14.4. The van der Waals surface area contributed by atoms with E-state index < -0.39 is 0 Å². The van der Waals surface area contributed by atoms with Gasteiger partial charge in [0.05, 0.1) is 5.75 Å². The second-order valence-electron chi connectivity index (χ2n) is 5.84. The van der Waals surface area contributed by atoms with Gasteiger partial charge in [0, 0.05) is 16.3 Å². The summed E-state index contributed by atoms with van der Waals surface area (Å²) in [5.41, 5.74) is 3.66. The smallest absolute Gasteiger partial charge is 0.234 e. The van der Waals surface area contributed by atoms with Crippen LogP contribution in [0.25, 0.3) is 11.4 Å². The van der Waals surface area contributed by atoms with Crippen LogP contribution in [0.3, 0.4) is 0 Å². The number of anilines is 1. The number of halogens is 1. The van der Waals surface area contributed by atoms with Crippen molar-refractivity contribution < 1.29 is 4.79 Å². The summed E-state index contributed by atoms with van der Waals surface area (Å²) in [4.78, 5) is 12.2. The summed E-state index contributed by atoms with van der Waals surface area (Å²) in [6.45, 7) is 3.90. The van der Waals surface area contributed by atoms with Crippen molar-refractivity contribution in [2.75, 3.05) is 16.9 Å². The zero-order chi connectivity index (χ0) is 18.7. The summed E-state index contributed by atoms with van der Waals surface area (Å²) in [5, 5.41) is 12.2. The van der Waals surface area contributed by atoms with E-state index in [2.05, 4.69) is 15.5 Å². The molecule has 0 saturated carbocycles. The second-order valence-corrected chi connectivity index (χ2v) is 7.22. The molecule has 0 unspecified atom stereocenters. The van der Waals surface area contributed by atoms with Crippen LogP contribution in [0.15, 0.2) is 47.6 Å². The van der Waals surface area contributed by atoms with Gasteiger partial charge >= 0.3 is 0 Å². The fourth-order valence-corrected chi connectivity index (χ4v) is 3.24. The molecule has 3 rings (SSSR count). The Balaban J connectivity index is 1.64. The maximum absolute atomic E-state index is 12.2. The molecule has 0 atom stereocenters. The highest BCUT2D eigenvalue weighted by atomic mass is 35.5. The van der Waals surface area contributed by atoms with Crippen LogP contribution in [0, 0.1) is 13.8 Å². The zero-order valence-corrected chi connectivity index (χ0v) is 15.9. The van der Waals surface area contributed by atoms with Gasteiger partial charge in [-0.15, -0.1) is 10.2 Å². The normalized spacial score (nSPS) is 10.7. The van der Waals surface area contributed by atoms with E-state index in [1.54, 1.807) is 18.2 Å². The van der Waals surface area contributed by atoms with Gasteiger partial charge in [-0.05, 0) is 37.6 Å². The first kappa shape index (κ1) is 18.3. The predicted molar refractivity (Wildman–Crippen MR) is 106 cm³/mol. The molecule has 0 radical (unpaired) electrons. The molecule has 1 amide bonds. The molecule has 0 saturated heterocycles. The van der Waals surface area contributed by atoms with Crippen LogP contribution in [0.2, 0.25) is 5.02 Å². The molecule has 3 aromatic rings. The number of rotatable bonds is 5. The molecule has 8 heteroatoms. The first-order valence-corrected chi connectivity index (χ1v) is 9.27. The lowest BCUT2D eigenvalue weighted by atomic mass is 10.1. The van der Waals surface area contributed by atoms with Gasteiger partial charge in [0.1, 0.15) is 0 Å². The van der Waals surface area contributed by atoms with E-state index in [0.717, 1.165) is 22.4 Å². The Morgan fingerprint density at radius 2 is 1.92 bits per heavy atom. The van der Waals surface area contributed by atoms with Gasteiger partial charge in [-0.25, -0.2) is 4.68 Å². The molecular weight excluding hydrogens is 370 g/mol. The highest BCUT2D eigenvalue weighted by Gasteiger charge is 2.14. The number of aryl methyl sites for hydroxylation is 2. The van der Waals surface area contributed by atoms with Crippen LogP contribution in [-0.4, -0.2) is 26.5 Å². The van der Waals surface area contributed by atoms with Crippen LogP contribution in [0.1, 0.15) is 11.1 Å². The summed E-state index contributed by atoms with van der Waals surface area (Å²) in [6.07, 6.45) is 0. The van der Waals surface area contributed by atoms with Gasteiger partial charge in [0.15, 0.2) is 5.82 Å². The third-order valence-electron chi connectivity index (χ3n) is 3.77. The van der Waals surface area contributed by atoms with Gasteiger partial charge in [-0.2, -0.15) is 0 Å². The van der Waals surface area contributed by atoms with Gasteiger partial charge in [-0.1, -0.05) is 53.2 Å². The SMILES string of the molecule is Cc1ccc(-c2nnc(SCC(=O)Nc3ccc(Cl)cc3C)n2N)cc1. The minimum atomic E-state index is -0.152. The molecule has 1 aromatic heterocycles. The predicted octanol–water partition coefficient (Wildman–Crippen LogP) is 3.66. The fraction of sp³-hybridized carbons (Fsp3) is 0.167. The van der Waals surface area contributed by atoms with E-state index in [9.17, 15) is 4.79 Å². The number of nitrogens with zero attached hydrogens (tertiary/aromatic N) is 3. The van der Waals surface area contributed by atoms with Crippen molar-refractivity contribution in [1.82, 2.24) is 14.9 Å². The van der Waals surface area contributed by atoms with E-state index in [-0.39, 0.29) is 11.7 Å². The average Bonchev–Trinajstić information content (AvgIpc) is 2.97. The van der Waals surface area contributed by atoms with Crippen molar-refractivity contribution in [1.29, 1.82) is 0 Å². The van der Waals surface area contributed by atoms with Crippen LogP contribution in [0.5, 0.6) is 0 Å². The molecule has 0 aliphatic heterocycles. The minimum absolute atomic E-state index is 0.152. The molecule has 134 valence electrons. The quantitative estimate of drug-likeness (QED) is 0.515. The lowest BCUT2D eigenvalue weighted by Gasteiger charge is -2.08. The first-order chi connectivity index (χ1) is 12.4. The lowest BCUT2D eigenvalue weighted by Crippen LogP contribution is -2.17. The Bertz CT molecular complexity index is 939. The molecule has 0 aliphatic rings. The summed E-state index contributed by atoms with van der Waals surface area (Å²) in [7, 11) is 0. The Morgan fingerprint density at radius 3 is 2.62 bits per heavy atom. The summed E-state index contributed by atoms with van der Waals surface area (Å²) in [6, 6.07) is 13.2. The number of nitrogens with one attached hydrogen (secondary N) is 1. The second kappa shape index (κ2) is 7.80. The number of carbonyl (C=O) groups excluding carboxylic acids is 1. The molecular formula is C18H18ClN5OS. The molecule has 0 bridgehead atoms. The third kappa shape index (κ3) is 4.17. The number of amides is 1. The monoisotopic (exact) mass is 387 g/mol. The Morgan fingerprint density at radius 1 is 1.19 bits per heavy atom. The topological polar surface area (TPSA) is 85.8 Å². The molecule has 0 aliphatic carbocycles. The number of nitrogen functional groups attached to an aromatic ring is 1. The summed E-state index contributed by atoms with van der Waals surface area (Å²) in [5.74, 6) is 6.65. The van der Waals surface area contributed by atoms with Crippen molar-refractivity contribution in [3.05, 3.63) is 58.6 Å². The van der Waals surface area contributed by atoms with Crippen molar-refractivity contribution in [3.63, 3.8) is 0 Å². The molecule has 1 heterocycles. The standard InChI is InChI=1S/C18H18ClN5OS/c1-11-3-5-13(6-4-11)17-22-23-18(24(17)20)26-10-16(25)21-15-8-7-14(19)9-12(15)2/h3-9H,10,20H2,1-2H3,(H,21,25). The van der Waals surface area contributed by atoms with Gasteiger partial charge in [0.2, 0.25) is 11.1 Å². The van der Waals surface area contributed by atoms with Gasteiger partial charge < -0.3 is 11.2 Å². The highest BCUT2D eigenvalue weighted by Crippen LogP contribution is 2.23. The van der Waals surface area contributed by atoms with Crippen LogP contribution in [-0.2, 0) is 4.79 Å². The molecule has 26 heavy (non-hydrogen) atoms. The van der Waals surface area contributed by atoms with Gasteiger partial charge in [0.25, 0.3) is 0 Å². The summed E-state index contributed by atoms with van der Waals surface area (Å²) >= 11 is 7.15. The first-order valence-electron chi connectivity index (χ1n) is 7.90.